The Labute approximate surface area is 425 Å². The van der Waals surface area contributed by atoms with Crippen molar-refractivity contribution in [3.63, 3.8) is 0 Å². The van der Waals surface area contributed by atoms with Crippen LogP contribution >= 0.6 is 0 Å². The number of rotatable bonds is 15. The van der Waals surface area contributed by atoms with Crippen LogP contribution < -0.4 is 0 Å². The lowest BCUT2D eigenvalue weighted by Crippen LogP contribution is -2.67. The van der Waals surface area contributed by atoms with Crippen LogP contribution in [0.4, 0.5) is 0 Å². The van der Waals surface area contributed by atoms with E-state index >= 15 is 0 Å². The van der Waals surface area contributed by atoms with E-state index in [1.54, 1.807) is 0 Å². The minimum absolute atomic E-state index is 0.0500. The summed E-state index contributed by atoms with van der Waals surface area (Å²) < 4.78 is 55.0. The van der Waals surface area contributed by atoms with Crippen molar-refractivity contribution in [2.75, 3.05) is 26.4 Å². The number of fused-ring (bicyclic) bond motifs is 7. The van der Waals surface area contributed by atoms with Gasteiger partial charge in [-0.2, -0.15) is 0 Å². The van der Waals surface area contributed by atoms with Crippen molar-refractivity contribution in [2.24, 2.45) is 40.4 Å². The highest BCUT2D eigenvalue weighted by Gasteiger charge is 2.64. The third-order valence-corrected chi connectivity index (χ3v) is 18.9. The molecule has 0 aromatic rings. The lowest BCUT2D eigenvalue weighted by Gasteiger charge is -2.58. The summed E-state index contributed by atoms with van der Waals surface area (Å²) in [7, 11) is 0. The van der Waals surface area contributed by atoms with Crippen molar-refractivity contribution in [1.82, 2.24) is 0 Å². The molecular formula is C51H82O22. The van der Waals surface area contributed by atoms with Gasteiger partial charge in [-0.05, 0) is 105 Å². The van der Waals surface area contributed by atoms with Gasteiger partial charge in [-0.25, -0.2) is 0 Å². The first-order chi connectivity index (χ1) is 34.6. The second-order valence-electron chi connectivity index (χ2n) is 23.3. The van der Waals surface area contributed by atoms with E-state index in [-0.39, 0.29) is 29.5 Å². The molecule has 0 bridgehead atoms. The van der Waals surface area contributed by atoms with Crippen LogP contribution in [0.25, 0.3) is 0 Å². The lowest BCUT2D eigenvalue weighted by atomic mass is 9.47. The molecule has 22 nitrogen and oxygen atoms in total. The fourth-order valence-corrected chi connectivity index (χ4v) is 14.5. The molecule has 4 aliphatic carbocycles. The second-order valence-corrected chi connectivity index (χ2v) is 23.3. The predicted octanol–water partition coefficient (Wildman–Crippen LogP) is -2.06. The molecule has 3 saturated carbocycles. The van der Waals surface area contributed by atoms with Gasteiger partial charge in [-0.1, -0.05) is 32.4 Å². The zero-order valence-corrected chi connectivity index (χ0v) is 42.3. The maximum atomic E-state index is 11.6. The van der Waals surface area contributed by atoms with Gasteiger partial charge >= 0.3 is 0 Å². The summed E-state index contributed by atoms with van der Waals surface area (Å²) in [4.78, 5) is 0. The van der Waals surface area contributed by atoms with Crippen LogP contribution in [0.5, 0.6) is 0 Å². The van der Waals surface area contributed by atoms with Gasteiger partial charge in [0.15, 0.2) is 25.2 Å². The molecule has 7 fully saturated rings. The quantitative estimate of drug-likeness (QED) is 0.0785. The van der Waals surface area contributed by atoms with Gasteiger partial charge in [0.2, 0.25) is 0 Å². The molecule has 1 unspecified atom stereocenters. The van der Waals surface area contributed by atoms with Crippen molar-refractivity contribution in [2.45, 2.75) is 227 Å². The van der Waals surface area contributed by atoms with Crippen molar-refractivity contribution < 1.29 is 109 Å². The third-order valence-electron chi connectivity index (χ3n) is 18.9. The first kappa shape index (κ1) is 56.2. The Hall–Kier alpha value is -1.56. The van der Waals surface area contributed by atoms with Crippen LogP contribution in [-0.4, -0.2) is 228 Å². The third kappa shape index (κ3) is 10.2. The summed E-state index contributed by atoms with van der Waals surface area (Å²) in [6.45, 7) is 8.79. The molecule has 4 saturated heterocycles. The molecular weight excluding hydrogens is 965 g/mol. The predicted molar refractivity (Wildman–Crippen MR) is 249 cm³/mol. The molecule has 5 heterocycles. The largest absolute Gasteiger partial charge is 0.494 e. The highest BCUT2D eigenvalue weighted by molar-refractivity contribution is 5.30. The van der Waals surface area contributed by atoms with Crippen LogP contribution in [0, 0.1) is 40.4 Å². The van der Waals surface area contributed by atoms with E-state index in [2.05, 4.69) is 26.8 Å². The van der Waals surface area contributed by atoms with Crippen molar-refractivity contribution in [3.05, 3.63) is 23.0 Å². The minimum atomic E-state index is -1.87. The average molecular weight is 1050 g/mol. The lowest BCUT2D eigenvalue weighted by molar-refractivity contribution is -0.394. The van der Waals surface area contributed by atoms with Gasteiger partial charge in [0.1, 0.15) is 97.7 Å². The standard InChI is InChI=1S/C51H82O22/c1-20(19-65-46-41(62)39(60)35(56)30(16-52)69-46)6-9-28-21(2)33-29(68-28)15-27-25-8-7-23-14-24(10-12-50(23,4)26(25)11-13-51(27,33)5)67-49-45(73-47-42(63)38(59)34(55)22(3)66-47)44(37(58)32(18-54)71-49)72-48-43(64)40(61)36(57)31(17-53)70-48/h7,20,22,24-27,29-49,52-64H,6,8-19H2,1-5H3/t20-,22+,24+,25-,26+,27+,29+,30-,31-,32-,33+,34+,35-,36-,37-,38-,39+,40+,41-,42-,43-,44?,45-,46-,47+,48+,49-,50+,51+/m1/s1. The molecule has 13 N–H and O–H groups in total. The molecule has 22 heteroatoms. The molecule has 9 aliphatic rings. The number of aliphatic hydroxyl groups is 13. The minimum Gasteiger partial charge on any atom is -0.494 e. The Bertz CT molecular complexity index is 1940. The molecule has 0 aromatic carbocycles. The smallest absolute Gasteiger partial charge is 0.187 e. The number of hydrogen-bond donors (Lipinski definition) is 13. The number of ether oxygens (including phenoxy) is 9. The van der Waals surface area contributed by atoms with Crippen LogP contribution in [0.2, 0.25) is 0 Å². The van der Waals surface area contributed by atoms with Crippen LogP contribution in [0.1, 0.15) is 92.4 Å². The van der Waals surface area contributed by atoms with Crippen LogP contribution in [-0.2, 0) is 42.6 Å². The van der Waals surface area contributed by atoms with Gasteiger partial charge in [0, 0.05) is 12.3 Å². The van der Waals surface area contributed by atoms with Crippen LogP contribution in [0.15, 0.2) is 23.0 Å². The van der Waals surface area contributed by atoms with Crippen LogP contribution in [0.3, 0.4) is 0 Å². The van der Waals surface area contributed by atoms with Crippen molar-refractivity contribution >= 4 is 0 Å². The van der Waals surface area contributed by atoms with Crippen molar-refractivity contribution in [1.29, 1.82) is 0 Å². The second kappa shape index (κ2) is 22.3. The summed E-state index contributed by atoms with van der Waals surface area (Å²) in [6, 6.07) is 0. The highest BCUT2D eigenvalue weighted by atomic mass is 16.8. The van der Waals surface area contributed by atoms with Gasteiger partial charge in [0.05, 0.1) is 44.4 Å². The zero-order valence-electron chi connectivity index (χ0n) is 42.3. The number of aliphatic hydroxyl groups excluding tert-OH is 13. The molecule has 0 amide bonds. The monoisotopic (exact) mass is 1050 g/mol. The van der Waals surface area contributed by atoms with E-state index in [0.717, 1.165) is 50.7 Å². The molecule has 0 aromatic heterocycles. The highest BCUT2D eigenvalue weighted by Crippen LogP contribution is 2.69. The molecule has 9 rings (SSSR count). The van der Waals surface area contributed by atoms with E-state index in [0.29, 0.717) is 36.5 Å². The Morgan fingerprint density at radius 3 is 1.88 bits per heavy atom. The summed E-state index contributed by atoms with van der Waals surface area (Å²) in [5.74, 6) is 2.70. The Morgan fingerprint density at radius 2 is 1.22 bits per heavy atom. The number of hydrogen-bond acceptors (Lipinski definition) is 22. The average Bonchev–Trinajstić information content (AvgIpc) is 3.86. The summed E-state index contributed by atoms with van der Waals surface area (Å²) in [6.07, 6.45) is -20.8. The molecule has 5 aliphatic heterocycles. The van der Waals surface area contributed by atoms with Gasteiger partial charge in [-0.3, -0.25) is 0 Å². The van der Waals surface area contributed by atoms with Gasteiger partial charge in [-0.15, -0.1) is 0 Å². The summed E-state index contributed by atoms with van der Waals surface area (Å²) in [5.41, 5.74) is 2.50. The first-order valence-electron chi connectivity index (χ1n) is 26.5. The maximum absolute atomic E-state index is 11.6. The van der Waals surface area contributed by atoms with Crippen molar-refractivity contribution in [3.8, 4) is 0 Å². The van der Waals surface area contributed by atoms with E-state index < -0.39 is 149 Å². The molecule has 0 spiro atoms. The van der Waals surface area contributed by atoms with E-state index in [9.17, 15) is 66.4 Å². The topological polar surface area (TPSA) is 346 Å². The number of allylic oxidation sites excluding steroid dienone is 2. The molecule has 0 radical (unpaired) electrons. The van der Waals surface area contributed by atoms with E-state index in [1.165, 1.54) is 18.1 Å². The molecule has 418 valence electrons. The Balaban J connectivity index is 0.867. The molecule has 73 heavy (non-hydrogen) atoms. The fraction of sp³-hybridized carbons (Fsp3) is 0.922. The maximum Gasteiger partial charge on any atom is 0.187 e. The van der Waals surface area contributed by atoms with Gasteiger partial charge < -0.3 is 109 Å². The zero-order chi connectivity index (χ0) is 52.6. The Morgan fingerprint density at radius 1 is 0.644 bits per heavy atom. The van der Waals surface area contributed by atoms with E-state index in [1.807, 2.05) is 6.92 Å². The van der Waals surface area contributed by atoms with Gasteiger partial charge in [0.25, 0.3) is 0 Å². The molecule has 29 atom stereocenters. The summed E-state index contributed by atoms with van der Waals surface area (Å²) >= 11 is 0. The first-order valence-corrected chi connectivity index (χ1v) is 26.5. The SMILES string of the molecule is CC1=C(CC[C@@H](C)CO[C@@H]2O[C@H](CO)[C@@H](O)[C@H](O)[C@H]2O)O[C@H]2C[C@H]3[C@@H]4CC=C5C[C@@H](O[C@@H]6O[C@H](CO)[C@@H](O)C(O[C@@H]7O[C@H](CO)[C@@H](O)[C@H](O)[C@H]7O)[C@H]6O[C@@H]6O[C@@H](C)[C@H](O)[C@@H](O)[C@H]6O)CC[C@]5(C)[C@H]4CC[C@]3(C)[C@@H]12. The normalized spacial score (nSPS) is 52.4. The van der Waals surface area contributed by atoms with E-state index in [4.69, 9.17) is 42.6 Å². The fourth-order valence-electron chi connectivity index (χ4n) is 14.5. The Kier molecular flexibility index (Phi) is 17.2. The summed E-state index contributed by atoms with van der Waals surface area (Å²) in [5, 5.41) is 136.